The maximum atomic E-state index is 12.5. The third kappa shape index (κ3) is 3.31. The van der Waals surface area contributed by atoms with Gasteiger partial charge in [-0.3, -0.25) is 9.59 Å². The summed E-state index contributed by atoms with van der Waals surface area (Å²) in [5.74, 6) is -2.14. The average molecular weight is 351 g/mol. The van der Waals surface area contributed by atoms with E-state index in [9.17, 15) is 14.4 Å². The summed E-state index contributed by atoms with van der Waals surface area (Å²) in [6.45, 7) is 0. The van der Waals surface area contributed by atoms with Crippen LogP contribution >= 0.6 is 0 Å². The van der Waals surface area contributed by atoms with Crippen LogP contribution in [0.5, 0.6) is 0 Å². The summed E-state index contributed by atoms with van der Waals surface area (Å²) in [5.41, 5.74) is -0.127. The molecule has 3 rings (SSSR count). The number of aryl methyl sites for hydroxylation is 1. The van der Waals surface area contributed by atoms with E-state index in [2.05, 4.69) is 20.3 Å². The molecule has 2 N–H and O–H groups in total. The minimum Gasteiger partial charge on any atom is -0.476 e. The number of ketones is 1. The molecule has 0 radical (unpaired) electrons. The van der Waals surface area contributed by atoms with Crippen molar-refractivity contribution in [1.82, 2.24) is 19.5 Å². The zero-order valence-electron chi connectivity index (χ0n) is 13.6. The molecule has 0 saturated carbocycles. The number of aromatic carboxylic acids is 1. The molecule has 3 aromatic rings. The van der Waals surface area contributed by atoms with Gasteiger partial charge in [0.15, 0.2) is 17.2 Å². The van der Waals surface area contributed by atoms with E-state index in [1.165, 1.54) is 24.7 Å². The molecule has 0 bridgehead atoms. The summed E-state index contributed by atoms with van der Waals surface area (Å²) in [7, 11) is 1.70. The average Bonchev–Trinajstić information content (AvgIpc) is 3.07. The van der Waals surface area contributed by atoms with Crippen molar-refractivity contribution in [3.63, 3.8) is 0 Å². The molecule has 9 nitrogen and oxygen atoms in total. The number of carboxylic acid groups (broad SMARTS) is 1. The predicted octanol–water partition coefficient (Wildman–Crippen LogP) is 1.39. The number of nitrogens with one attached hydrogen (secondary N) is 1. The Hall–Kier alpha value is -3.88. The number of rotatable bonds is 5. The Morgan fingerprint density at radius 2 is 1.77 bits per heavy atom. The normalized spacial score (nSPS) is 10.3. The first-order valence-electron chi connectivity index (χ1n) is 7.45. The molecule has 1 amide bonds. The molecule has 0 aliphatic rings. The van der Waals surface area contributed by atoms with Gasteiger partial charge in [-0.15, -0.1) is 0 Å². The molecule has 2 aromatic heterocycles. The number of imidazole rings is 1. The van der Waals surface area contributed by atoms with Gasteiger partial charge >= 0.3 is 5.97 Å². The number of anilines is 1. The van der Waals surface area contributed by atoms with Gasteiger partial charge in [0.2, 0.25) is 5.78 Å². The first-order chi connectivity index (χ1) is 12.5. The van der Waals surface area contributed by atoms with E-state index >= 15 is 0 Å². The summed E-state index contributed by atoms with van der Waals surface area (Å²) in [4.78, 5) is 47.4. The molecule has 1 aromatic carbocycles. The Labute approximate surface area is 147 Å². The number of aromatic nitrogens is 4. The zero-order chi connectivity index (χ0) is 18.7. The van der Waals surface area contributed by atoms with Crippen LogP contribution in [0.15, 0.2) is 49.1 Å². The molecule has 0 aliphatic carbocycles. The van der Waals surface area contributed by atoms with Crippen molar-refractivity contribution in [2.75, 3.05) is 5.32 Å². The molecule has 2 heterocycles. The van der Waals surface area contributed by atoms with E-state index in [0.717, 1.165) is 0 Å². The molecule has 0 unspecified atom stereocenters. The molecule has 0 saturated heterocycles. The number of benzene rings is 1. The highest BCUT2D eigenvalue weighted by atomic mass is 16.4. The minimum absolute atomic E-state index is 0.260. The van der Waals surface area contributed by atoms with E-state index < -0.39 is 17.6 Å². The van der Waals surface area contributed by atoms with Crippen LogP contribution in [0.1, 0.15) is 37.2 Å². The van der Waals surface area contributed by atoms with Crippen LogP contribution in [-0.2, 0) is 7.05 Å². The lowest BCUT2D eigenvalue weighted by Gasteiger charge is -2.08. The molecule has 0 fully saturated rings. The fourth-order valence-corrected chi connectivity index (χ4v) is 2.30. The van der Waals surface area contributed by atoms with Gasteiger partial charge in [0.25, 0.3) is 5.91 Å². The van der Waals surface area contributed by atoms with Crippen molar-refractivity contribution < 1.29 is 19.5 Å². The summed E-state index contributed by atoms with van der Waals surface area (Å²) >= 11 is 0. The lowest BCUT2D eigenvalue weighted by atomic mass is 10.1. The molecular weight excluding hydrogens is 338 g/mol. The zero-order valence-corrected chi connectivity index (χ0v) is 13.6. The maximum absolute atomic E-state index is 12.5. The number of carbonyl (C=O) groups is 3. The van der Waals surface area contributed by atoms with Gasteiger partial charge in [0.05, 0.1) is 0 Å². The summed E-state index contributed by atoms with van der Waals surface area (Å²) in [6.07, 6.45) is 5.58. The highest BCUT2D eigenvalue weighted by molar-refractivity contribution is 6.10. The molecule has 130 valence electrons. The molecule has 0 spiro atoms. The largest absolute Gasteiger partial charge is 0.476 e. The Morgan fingerprint density at radius 1 is 1.04 bits per heavy atom. The molecule has 0 aliphatic heterocycles. The highest BCUT2D eigenvalue weighted by Crippen LogP contribution is 2.15. The van der Waals surface area contributed by atoms with Gasteiger partial charge in [-0.1, -0.05) is 12.1 Å². The number of hydrogen-bond donors (Lipinski definition) is 2. The van der Waals surface area contributed by atoms with Crippen molar-refractivity contribution in [2.45, 2.75) is 0 Å². The number of carboxylic acids is 1. The molecular formula is C17H13N5O4. The van der Waals surface area contributed by atoms with Crippen LogP contribution in [-0.4, -0.2) is 42.3 Å². The Kier molecular flexibility index (Phi) is 4.52. The van der Waals surface area contributed by atoms with Crippen molar-refractivity contribution in [3.8, 4) is 0 Å². The fraction of sp³-hybridized carbons (Fsp3) is 0.0588. The number of nitrogens with zero attached hydrogens (tertiary/aromatic N) is 4. The lowest BCUT2D eigenvalue weighted by Crippen LogP contribution is -2.19. The quantitative estimate of drug-likeness (QED) is 0.665. The van der Waals surface area contributed by atoms with Crippen molar-refractivity contribution in [2.24, 2.45) is 7.05 Å². The van der Waals surface area contributed by atoms with Crippen molar-refractivity contribution in [1.29, 1.82) is 0 Å². The monoisotopic (exact) mass is 351 g/mol. The summed E-state index contributed by atoms with van der Waals surface area (Å²) < 4.78 is 1.59. The van der Waals surface area contributed by atoms with E-state index in [-0.39, 0.29) is 17.3 Å². The topological polar surface area (TPSA) is 127 Å². The molecule has 0 atom stereocenters. The Balaban J connectivity index is 1.86. The van der Waals surface area contributed by atoms with E-state index in [4.69, 9.17) is 5.11 Å². The maximum Gasteiger partial charge on any atom is 0.356 e. The third-order valence-electron chi connectivity index (χ3n) is 3.52. The van der Waals surface area contributed by atoms with E-state index in [1.54, 1.807) is 36.0 Å². The van der Waals surface area contributed by atoms with Gasteiger partial charge < -0.3 is 15.0 Å². The Morgan fingerprint density at radius 3 is 2.42 bits per heavy atom. The smallest absolute Gasteiger partial charge is 0.356 e. The van der Waals surface area contributed by atoms with Crippen LogP contribution in [0.4, 0.5) is 5.69 Å². The fourth-order valence-electron chi connectivity index (χ4n) is 2.30. The highest BCUT2D eigenvalue weighted by Gasteiger charge is 2.20. The van der Waals surface area contributed by atoms with Crippen LogP contribution in [0.2, 0.25) is 0 Å². The second-order valence-corrected chi connectivity index (χ2v) is 5.28. The van der Waals surface area contributed by atoms with Crippen LogP contribution in [0.3, 0.4) is 0 Å². The van der Waals surface area contributed by atoms with Gasteiger partial charge in [0, 0.05) is 43.1 Å². The number of carbonyl (C=O) groups excluding carboxylic acids is 2. The van der Waals surface area contributed by atoms with Crippen LogP contribution < -0.4 is 5.32 Å². The van der Waals surface area contributed by atoms with Gasteiger partial charge in [-0.05, 0) is 12.1 Å². The molecule has 9 heteroatoms. The first kappa shape index (κ1) is 17.0. The van der Waals surface area contributed by atoms with E-state index in [1.807, 2.05) is 0 Å². The third-order valence-corrected chi connectivity index (χ3v) is 3.52. The summed E-state index contributed by atoms with van der Waals surface area (Å²) in [6, 6.07) is 6.24. The van der Waals surface area contributed by atoms with Gasteiger partial charge in [0.1, 0.15) is 0 Å². The summed E-state index contributed by atoms with van der Waals surface area (Å²) in [5, 5.41) is 11.6. The van der Waals surface area contributed by atoms with Crippen molar-refractivity contribution >= 4 is 23.3 Å². The van der Waals surface area contributed by atoms with Crippen LogP contribution in [0.25, 0.3) is 0 Å². The second kappa shape index (κ2) is 6.93. The van der Waals surface area contributed by atoms with Gasteiger partial charge in [-0.25, -0.2) is 19.7 Å². The first-order valence-corrected chi connectivity index (χ1v) is 7.45. The Bertz CT molecular complexity index is 1010. The predicted molar refractivity (Wildman–Crippen MR) is 90.0 cm³/mol. The van der Waals surface area contributed by atoms with E-state index in [0.29, 0.717) is 11.3 Å². The van der Waals surface area contributed by atoms with Crippen molar-refractivity contribution in [3.05, 3.63) is 71.8 Å². The molecule has 26 heavy (non-hydrogen) atoms. The SMILES string of the molecule is Cn1ccnc1C(=O)c1cccc(NC(=O)c2nccnc2C(=O)O)c1. The van der Waals surface area contributed by atoms with Crippen LogP contribution in [0, 0.1) is 0 Å². The van der Waals surface area contributed by atoms with Gasteiger partial charge in [-0.2, -0.15) is 0 Å². The number of amides is 1. The lowest BCUT2D eigenvalue weighted by molar-refractivity contribution is 0.0684. The standard InChI is InChI=1S/C17H13N5O4/c1-22-8-7-20-15(22)14(23)10-3-2-4-11(9-10)21-16(24)12-13(17(25)26)19-6-5-18-12/h2-9H,1H3,(H,21,24)(H,25,26). The second-order valence-electron chi connectivity index (χ2n) is 5.28. The minimum atomic E-state index is -1.36. The number of hydrogen-bond acceptors (Lipinski definition) is 6.